The summed E-state index contributed by atoms with van der Waals surface area (Å²) in [5, 5.41) is 2.74. The molecule has 3 aromatic rings. The van der Waals surface area contributed by atoms with E-state index < -0.39 is 11.6 Å². The average molecular weight is 457 g/mol. The highest BCUT2D eigenvalue weighted by atomic mass is 16.5. The lowest BCUT2D eigenvalue weighted by Crippen LogP contribution is -2.44. The van der Waals surface area contributed by atoms with E-state index in [1.54, 1.807) is 0 Å². The van der Waals surface area contributed by atoms with Gasteiger partial charge in [0.25, 0.3) is 5.91 Å². The summed E-state index contributed by atoms with van der Waals surface area (Å²) >= 11 is 0. The number of alkyl carbamates (subject to hydrolysis) is 1. The quantitative estimate of drug-likeness (QED) is 0.479. The molecule has 1 heterocycles. The monoisotopic (exact) mass is 456 g/mol. The summed E-state index contributed by atoms with van der Waals surface area (Å²) < 4.78 is 5.21. The van der Waals surface area contributed by atoms with Crippen molar-refractivity contribution < 1.29 is 14.3 Å². The van der Waals surface area contributed by atoms with E-state index in [0.717, 1.165) is 16.7 Å². The first-order valence-electron chi connectivity index (χ1n) is 11.3. The highest BCUT2D eigenvalue weighted by Crippen LogP contribution is 2.39. The fourth-order valence-corrected chi connectivity index (χ4v) is 4.06. The van der Waals surface area contributed by atoms with Crippen LogP contribution in [-0.2, 0) is 21.7 Å². The summed E-state index contributed by atoms with van der Waals surface area (Å²) in [5.74, 6) is 0.0329. The van der Waals surface area contributed by atoms with Gasteiger partial charge in [-0.15, -0.1) is 0 Å². The van der Waals surface area contributed by atoms with Gasteiger partial charge in [0, 0.05) is 13.1 Å². The number of benzene rings is 3. The lowest BCUT2D eigenvalue weighted by atomic mass is 9.83. The molecule has 1 aliphatic heterocycles. The molecule has 3 aromatic carbocycles. The van der Waals surface area contributed by atoms with Gasteiger partial charge in [-0.2, -0.15) is 0 Å². The van der Waals surface area contributed by atoms with Crippen molar-refractivity contribution in [3.8, 4) is 0 Å². The van der Waals surface area contributed by atoms with E-state index >= 15 is 0 Å². The number of carbonyl (C=O) groups is 2. The summed E-state index contributed by atoms with van der Waals surface area (Å²) in [4.78, 5) is 31.8. The Morgan fingerprint density at radius 1 is 0.882 bits per heavy atom. The van der Waals surface area contributed by atoms with Crippen LogP contribution in [0.3, 0.4) is 0 Å². The number of ether oxygens (including phenoxy) is 1. The maximum absolute atomic E-state index is 13.7. The predicted molar refractivity (Wildman–Crippen MR) is 131 cm³/mol. The molecule has 0 atom stereocenters. The third-order valence-corrected chi connectivity index (χ3v) is 5.79. The lowest BCUT2D eigenvalue weighted by Gasteiger charge is -2.27. The van der Waals surface area contributed by atoms with E-state index in [9.17, 15) is 9.59 Å². The van der Waals surface area contributed by atoms with E-state index in [1.165, 1.54) is 4.90 Å². The minimum absolute atomic E-state index is 0.169. The number of unbranched alkanes of at least 4 members (excludes halogenated alkanes) is 1. The molecule has 34 heavy (non-hydrogen) atoms. The van der Waals surface area contributed by atoms with Crippen molar-refractivity contribution in [3.63, 3.8) is 0 Å². The number of nitrogens with zero attached hydrogens (tertiary/aromatic N) is 2. The molecule has 0 aromatic heterocycles. The van der Waals surface area contributed by atoms with Crippen LogP contribution in [0.1, 0.15) is 29.5 Å². The summed E-state index contributed by atoms with van der Waals surface area (Å²) in [6.07, 6.45) is 0.858. The first-order valence-corrected chi connectivity index (χ1v) is 11.3. The third-order valence-electron chi connectivity index (χ3n) is 5.79. The number of carbonyl (C=O) groups excluding carboxylic acids is 2. The molecule has 7 nitrogen and oxygen atoms in total. The van der Waals surface area contributed by atoms with E-state index in [2.05, 4.69) is 10.3 Å². The van der Waals surface area contributed by atoms with Crippen LogP contribution in [-0.4, -0.2) is 35.9 Å². The molecule has 3 N–H and O–H groups in total. The summed E-state index contributed by atoms with van der Waals surface area (Å²) in [6.45, 7) is 1.08. The first kappa shape index (κ1) is 23.0. The largest absolute Gasteiger partial charge is 0.445 e. The third kappa shape index (κ3) is 4.93. The molecular formula is C27H28N4O3. The second-order valence-corrected chi connectivity index (χ2v) is 8.06. The Hall–Kier alpha value is -4.13. The SMILES string of the molecule is NC1=NC(c2ccccc2)(c2ccccc2)C(=O)N1CCCCNC(=O)OCc1ccccc1. The maximum atomic E-state index is 13.7. The first-order chi connectivity index (χ1) is 16.6. The number of aliphatic imine (C=N–C) groups is 1. The highest BCUT2D eigenvalue weighted by Gasteiger charge is 2.50. The zero-order valence-corrected chi connectivity index (χ0v) is 18.9. The molecule has 0 fully saturated rings. The van der Waals surface area contributed by atoms with E-state index in [0.29, 0.717) is 25.9 Å². The molecule has 0 spiro atoms. The van der Waals surface area contributed by atoms with Crippen molar-refractivity contribution in [2.24, 2.45) is 10.7 Å². The van der Waals surface area contributed by atoms with Gasteiger partial charge in [-0.3, -0.25) is 9.69 Å². The van der Waals surface area contributed by atoms with Crippen molar-refractivity contribution in [3.05, 3.63) is 108 Å². The molecule has 1 aliphatic rings. The van der Waals surface area contributed by atoms with E-state index in [-0.39, 0.29) is 18.5 Å². The fraction of sp³-hybridized carbons (Fsp3) is 0.222. The molecule has 174 valence electrons. The number of nitrogens with two attached hydrogens (primary N) is 1. The van der Waals surface area contributed by atoms with Crippen molar-refractivity contribution in [1.29, 1.82) is 0 Å². The minimum Gasteiger partial charge on any atom is -0.445 e. The number of hydrogen-bond acceptors (Lipinski definition) is 5. The number of nitrogens with one attached hydrogen (secondary N) is 1. The van der Waals surface area contributed by atoms with Crippen LogP contribution < -0.4 is 11.1 Å². The van der Waals surface area contributed by atoms with Crippen molar-refractivity contribution in [2.45, 2.75) is 25.0 Å². The molecule has 4 rings (SSSR count). The lowest BCUT2D eigenvalue weighted by molar-refractivity contribution is -0.130. The molecular weight excluding hydrogens is 428 g/mol. The van der Waals surface area contributed by atoms with Crippen LogP contribution in [0.25, 0.3) is 0 Å². The second kappa shape index (κ2) is 10.7. The van der Waals surface area contributed by atoms with Crippen LogP contribution in [0.15, 0.2) is 96.0 Å². The van der Waals surface area contributed by atoms with E-state index in [1.807, 2.05) is 91.0 Å². The minimum atomic E-state index is -1.19. The van der Waals surface area contributed by atoms with Gasteiger partial charge < -0.3 is 15.8 Å². The van der Waals surface area contributed by atoms with Crippen molar-refractivity contribution in [2.75, 3.05) is 13.1 Å². The van der Waals surface area contributed by atoms with Gasteiger partial charge in [-0.25, -0.2) is 9.79 Å². The summed E-state index contributed by atoms with van der Waals surface area (Å²) in [5.41, 5.74) is 7.54. The molecule has 0 bridgehead atoms. The number of amides is 2. The van der Waals surface area contributed by atoms with Crippen LogP contribution >= 0.6 is 0 Å². The summed E-state index contributed by atoms with van der Waals surface area (Å²) in [6, 6.07) is 28.5. The number of rotatable bonds is 9. The standard InChI is InChI=1S/C27H28N4O3/c28-25-30-27(22-14-6-2-7-15-22,23-16-8-3-9-17-23)24(32)31(25)19-11-10-18-29-26(33)34-20-21-12-4-1-5-13-21/h1-9,12-17H,10-11,18-20H2,(H2,28,30)(H,29,33). The Morgan fingerprint density at radius 2 is 1.44 bits per heavy atom. The Morgan fingerprint density at radius 3 is 2.03 bits per heavy atom. The molecule has 2 amide bonds. The van der Waals surface area contributed by atoms with Gasteiger partial charge in [-0.1, -0.05) is 91.0 Å². The molecule has 0 unspecified atom stereocenters. The Labute approximate surface area is 199 Å². The van der Waals surface area contributed by atoms with Crippen molar-refractivity contribution in [1.82, 2.24) is 10.2 Å². The molecule has 7 heteroatoms. The molecule has 0 radical (unpaired) electrons. The van der Waals surface area contributed by atoms with Gasteiger partial charge in [0.1, 0.15) is 6.61 Å². The second-order valence-electron chi connectivity index (χ2n) is 8.06. The van der Waals surface area contributed by atoms with Gasteiger partial charge in [0.15, 0.2) is 11.5 Å². The van der Waals surface area contributed by atoms with Gasteiger partial charge in [0.05, 0.1) is 0 Å². The Balaban J connectivity index is 1.33. The fourth-order valence-electron chi connectivity index (χ4n) is 4.06. The van der Waals surface area contributed by atoms with Gasteiger partial charge >= 0.3 is 6.09 Å². The van der Waals surface area contributed by atoms with Crippen LogP contribution in [0.4, 0.5) is 4.79 Å². The Bertz CT molecular complexity index is 1090. The van der Waals surface area contributed by atoms with Crippen LogP contribution in [0.2, 0.25) is 0 Å². The van der Waals surface area contributed by atoms with Gasteiger partial charge in [0.2, 0.25) is 0 Å². The summed E-state index contributed by atoms with van der Waals surface area (Å²) in [7, 11) is 0. The Kier molecular flexibility index (Phi) is 7.22. The zero-order chi connectivity index (χ0) is 23.8. The average Bonchev–Trinajstić information content (AvgIpc) is 3.14. The molecule has 0 saturated heterocycles. The number of guanidine groups is 1. The maximum Gasteiger partial charge on any atom is 0.407 e. The van der Waals surface area contributed by atoms with Crippen LogP contribution in [0, 0.1) is 0 Å². The van der Waals surface area contributed by atoms with Crippen molar-refractivity contribution >= 4 is 18.0 Å². The predicted octanol–water partition coefficient (Wildman–Crippen LogP) is 3.79. The topological polar surface area (TPSA) is 97.0 Å². The van der Waals surface area contributed by atoms with Crippen LogP contribution in [0.5, 0.6) is 0 Å². The normalized spacial score (nSPS) is 14.5. The smallest absolute Gasteiger partial charge is 0.407 e. The zero-order valence-electron chi connectivity index (χ0n) is 18.9. The molecule has 0 aliphatic carbocycles. The number of hydrogen-bond donors (Lipinski definition) is 2. The van der Waals surface area contributed by atoms with Gasteiger partial charge in [-0.05, 0) is 29.5 Å². The highest BCUT2D eigenvalue weighted by molar-refractivity contribution is 6.09. The van der Waals surface area contributed by atoms with E-state index in [4.69, 9.17) is 10.5 Å². The molecule has 0 saturated carbocycles.